The van der Waals surface area contributed by atoms with Crippen molar-refractivity contribution in [2.45, 2.75) is 44.7 Å². The van der Waals surface area contributed by atoms with E-state index in [1.165, 1.54) is 32.2 Å². The van der Waals surface area contributed by atoms with Gasteiger partial charge in [0.2, 0.25) is 0 Å². The Morgan fingerprint density at radius 1 is 1.24 bits per heavy atom. The largest absolute Gasteiger partial charge is 0.467 e. The van der Waals surface area contributed by atoms with Crippen LogP contribution in [0, 0.1) is 0 Å². The molecule has 0 aliphatic carbocycles. The molecule has 0 spiro atoms. The minimum atomic E-state index is 0.379. The average molecular weight is 311 g/mol. The van der Waals surface area contributed by atoms with Crippen LogP contribution in [-0.4, -0.2) is 53.7 Å². The standard InChI is InChI=1S/C15H23ClN4O/c1-11-4-3-7-20(11)12-5-8-19(9-6-12)14-13(16)10-17-15(18-14)21-2/h10-12H,3-9H2,1-2H3. The van der Waals surface area contributed by atoms with E-state index in [2.05, 4.69) is 26.7 Å². The molecule has 21 heavy (non-hydrogen) atoms. The van der Waals surface area contributed by atoms with Crippen LogP contribution in [0.5, 0.6) is 6.01 Å². The van der Waals surface area contributed by atoms with E-state index in [-0.39, 0.29) is 0 Å². The fourth-order valence-corrected chi connectivity index (χ4v) is 3.78. The number of aromatic nitrogens is 2. The number of nitrogens with zero attached hydrogens (tertiary/aromatic N) is 4. The lowest BCUT2D eigenvalue weighted by Gasteiger charge is -2.39. The van der Waals surface area contributed by atoms with Crippen molar-refractivity contribution in [2.24, 2.45) is 0 Å². The Hall–Kier alpha value is -1.07. The van der Waals surface area contributed by atoms with Gasteiger partial charge in [-0.15, -0.1) is 0 Å². The molecule has 1 atom stereocenters. The lowest BCUT2D eigenvalue weighted by atomic mass is 10.0. The fraction of sp³-hybridized carbons (Fsp3) is 0.733. The van der Waals surface area contributed by atoms with Crippen LogP contribution in [0.25, 0.3) is 0 Å². The molecule has 0 bridgehead atoms. The Bertz CT molecular complexity index is 491. The van der Waals surface area contributed by atoms with Gasteiger partial charge in [-0.2, -0.15) is 4.98 Å². The number of likely N-dealkylation sites (tertiary alicyclic amines) is 1. The summed E-state index contributed by atoms with van der Waals surface area (Å²) in [5.74, 6) is 0.802. The molecule has 0 saturated carbocycles. The van der Waals surface area contributed by atoms with Crippen LogP contribution in [0.2, 0.25) is 5.02 Å². The van der Waals surface area contributed by atoms with Crippen LogP contribution in [0.3, 0.4) is 0 Å². The van der Waals surface area contributed by atoms with Gasteiger partial charge in [0.1, 0.15) is 5.02 Å². The number of hydrogen-bond donors (Lipinski definition) is 0. The van der Waals surface area contributed by atoms with E-state index in [1.54, 1.807) is 13.3 Å². The van der Waals surface area contributed by atoms with E-state index in [0.717, 1.165) is 24.9 Å². The maximum absolute atomic E-state index is 6.24. The van der Waals surface area contributed by atoms with Gasteiger partial charge in [0.05, 0.1) is 13.3 Å². The minimum absolute atomic E-state index is 0.379. The van der Waals surface area contributed by atoms with Gasteiger partial charge in [-0.1, -0.05) is 11.6 Å². The van der Waals surface area contributed by atoms with Crippen molar-refractivity contribution < 1.29 is 4.74 Å². The molecule has 6 heteroatoms. The third-order valence-electron chi connectivity index (χ3n) is 4.72. The van der Waals surface area contributed by atoms with Crippen LogP contribution >= 0.6 is 11.6 Å². The van der Waals surface area contributed by atoms with Gasteiger partial charge in [0, 0.05) is 25.2 Å². The van der Waals surface area contributed by atoms with Crippen molar-refractivity contribution in [3.05, 3.63) is 11.2 Å². The van der Waals surface area contributed by atoms with E-state index >= 15 is 0 Å². The molecule has 3 heterocycles. The summed E-state index contributed by atoms with van der Waals surface area (Å²) in [6, 6.07) is 1.83. The van der Waals surface area contributed by atoms with Gasteiger partial charge in [0.15, 0.2) is 5.82 Å². The first-order valence-electron chi connectivity index (χ1n) is 7.76. The molecule has 2 aliphatic rings. The highest BCUT2D eigenvalue weighted by atomic mass is 35.5. The molecule has 1 aromatic rings. The molecule has 2 aliphatic heterocycles. The van der Waals surface area contributed by atoms with E-state index < -0.39 is 0 Å². The highest BCUT2D eigenvalue weighted by Crippen LogP contribution is 2.30. The second kappa shape index (κ2) is 6.36. The molecule has 3 rings (SSSR count). The zero-order chi connectivity index (χ0) is 14.8. The Morgan fingerprint density at radius 3 is 2.62 bits per heavy atom. The lowest BCUT2D eigenvalue weighted by Crippen LogP contribution is -2.46. The van der Waals surface area contributed by atoms with Crippen LogP contribution < -0.4 is 9.64 Å². The van der Waals surface area contributed by atoms with E-state index in [1.807, 2.05) is 0 Å². The zero-order valence-electron chi connectivity index (χ0n) is 12.8. The van der Waals surface area contributed by atoms with Crippen LogP contribution in [0.15, 0.2) is 6.20 Å². The van der Waals surface area contributed by atoms with Crippen molar-refractivity contribution in [3.63, 3.8) is 0 Å². The maximum Gasteiger partial charge on any atom is 0.318 e. The number of piperidine rings is 1. The summed E-state index contributed by atoms with van der Waals surface area (Å²) in [5.41, 5.74) is 0. The van der Waals surface area contributed by atoms with Gasteiger partial charge in [0.25, 0.3) is 0 Å². The monoisotopic (exact) mass is 310 g/mol. The van der Waals surface area contributed by atoms with Crippen LogP contribution in [0.4, 0.5) is 5.82 Å². The minimum Gasteiger partial charge on any atom is -0.467 e. The van der Waals surface area contributed by atoms with Gasteiger partial charge in [-0.25, -0.2) is 4.98 Å². The molecular weight excluding hydrogens is 288 g/mol. The Kier molecular flexibility index (Phi) is 4.50. The second-order valence-corrected chi connectivity index (χ2v) is 6.38. The third-order valence-corrected chi connectivity index (χ3v) is 4.99. The molecule has 2 saturated heterocycles. The van der Waals surface area contributed by atoms with Crippen LogP contribution in [0.1, 0.15) is 32.6 Å². The lowest BCUT2D eigenvalue weighted by molar-refractivity contribution is 0.163. The number of hydrogen-bond acceptors (Lipinski definition) is 5. The summed E-state index contributed by atoms with van der Waals surface area (Å²) in [7, 11) is 1.58. The smallest absolute Gasteiger partial charge is 0.318 e. The maximum atomic E-state index is 6.24. The fourth-order valence-electron chi connectivity index (χ4n) is 3.57. The normalized spacial score (nSPS) is 24.5. The van der Waals surface area contributed by atoms with E-state index in [0.29, 0.717) is 17.1 Å². The molecular formula is C15H23ClN4O. The van der Waals surface area contributed by atoms with E-state index in [9.17, 15) is 0 Å². The summed E-state index contributed by atoms with van der Waals surface area (Å²) >= 11 is 6.24. The first-order valence-corrected chi connectivity index (χ1v) is 8.14. The highest BCUT2D eigenvalue weighted by Gasteiger charge is 2.31. The molecule has 1 unspecified atom stereocenters. The Labute approximate surface area is 131 Å². The van der Waals surface area contributed by atoms with Crippen molar-refractivity contribution in [1.82, 2.24) is 14.9 Å². The summed E-state index contributed by atoms with van der Waals surface area (Å²) in [4.78, 5) is 13.4. The summed E-state index contributed by atoms with van der Waals surface area (Å²) in [5, 5.41) is 0.601. The average Bonchev–Trinajstić information content (AvgIpc) is 2.94. The third kappa shape index (κ3) is 3.09. The van der Waals surface area contributed by atoms with Gasteiger partial charge < -0.3 is 9.64 Å². The van der Waals surface area contributed by atoms with Gasteiger partial charge in [-0.3, -0.25) is 4.90 Å². The Morgan fingerprint density at radius 2 is 2.00 bits per heavy atom. The molecule has 116 valence electrons. The summed E-state index contributed by atoms with van der Waals surface area (Å²) in [6.07, 6.45) is 6.66. The van der Waals surface area contributed by atoms with Crippen molar-refractivity contribution in [2.75, 3.05) is 31.6 Å². The van der Waals surface area contributed by atoms with Crippen LogP contribution in [-0.2, 0) is 0 Å². The highest BCUT2D eigenvalue weighted by molar-refractivity contribution is 6.32. The first kappa shape index (κ1) is 14.9. The zero-order valence-corrected chi connectivity index (χ0v) is 13.5. The van der Waals surface area contributed by atoms with Gasteiger partial charge >= 0.3 is 6.01 Å². The molecule has 0 amide bonds. The van der Waals surface area contributed by atoms with E-state index in [4.69, 9.17) is 16.3 Å². The number of ether oxygens (including phenoxy) is 1. The predicted octanol–water partition coefficient (Wildman–Crippen LogP) is 2.59. The second-order valence-electron chi connectivity index (χ2n) is 5.98. The summed E-state index contributed by atoms with van der Waals surface area (Å²) < 4.78 is 5.10. The molecule has 0 radical (unpaired) electrons. The molecule has 5 nitrogen and oxygen atoms in total. The Balaban J connectivity index is 1.65. The van der Waals surface area contributed by atoms with Gasteiger partial charge in [-0.05, 0) is 39.2 Å². The molecule has 2 fully saturated rings. The van der Waals surface area contributed by atoms with Crippen molar-refractivity contribution in [3.8, 4) is 6.01 Å². The predicted molar refractivity (Wildman–Crippen MR) is 84.2 cm³/mol. The molecule has 0 N–H and O–H groups in total. The summed E-state index contributed by atoms with van der Waals surface area (Å²) in [6.45, 7) is 5.60. The SMILES string of the molecule is COc1ncc(Cl)c(N2CCC(N3CCCC3C)CC2)n1. The van der Waals surface area contributed by atoms with Crippen molar-refractivity contribution in [1.29, 1.82) is 0 Å². The molecule has 0 aromatic carbocycles. The number of halogens is 1. The first-order chi connectivity index (χ1) is 10.2. The number of rotatable bonds is 3. The number of anilines is 1. The van der Waals surface area contributed by atoms with Crippen molar-refractivity contribution >= 4 is 17.4 Å². The topological polar surface area (TPSA) is 41.5 Å². The quantitative estimate of drug-likeness (QED) is 0.858. The molecule has 1 aromatic heterocycles. The number of methoxy groups -OCH3 is 1.